The molecule has 3 rings (SSSR count). The van der Waals surface area contributed by atoms with E-state index in [9.17, 15) is 9.00 Å². The van der Waals surface area contributed by atoms with E-state index in [0.29, 0.717) is 22.9 Å². The SMILES string of the molecule is Nc1cccc2cc(C(=O)NC3CCS(=O)CC3)[nH]c12. The molecule has 1 aliphatic rings. The summed E-state index contributed by atoms with van der Waals surface area (Å²) in [6.45, 7) is 0. The summed E-state index contributed by atoms with van der Waals surface area (Å²) in [5.41, 5.74) is 7.82. The van der Waals surface area contributed by atoms with E-state index in [-0.39, 0.29) is 11.9 Å². The highest BCUT2D eigenvalue weighted by Crippen LogP contribution is 2.21. The van der Waals surface area contributed by atoms with Gasteiger partial charge >= 0.3 is 0 Å². The number of hydrogen-bond acceptors (Lipinski definition) is 3. The molecule has 1 aliphatic heterocycles. The number of anilines is 1. The van der Waals surface area contributed by atoms with Gasteiger partial charge in [-0.15, -0.1) is 0 Å². The molecule has 1 fully saturated rings. The number of nitrogen functional groups attached to an aromatic ring is 1. The largest absolute Gasteiger partial charge is 0.397 e. The molecule has 0 unspecified atom stereocenters. The van der Waals surface area contributed by atoms with Crippen LogP contribution in [0.15, 0.2) is 24.3 Å². The van der Waals surface area contributed by atoms with E-state index in [1.54, 1.807) is 6.07 Å². The Balaban J connectivity index is 1.75. The highest BCUT2D eigenvalue weighted by molar-refractivity contribution is 7.85. The molecule has 1 aromatic heterocycles. The molecule has 2 heterocycles. The molecule has 0 radical (unpaired) electrons. The summed E-state index contributed by atoms with van der Waals surface area (Å²) in [5.74, 6) is 1.22. The Morgan fingerprint density at radius 1 is 1.35 bits per heavy atom. The minimum Gasteiger partial charge on any atom is -0.397 e. The number of rotatable bonds is 2. The van der Waals surface area contributed by atoms with Gasteiger partial charge in [-0.05, 0) is 25.0 Å². The van der Waals surface area contributed by atoms with Gasteiger partial charge in [0.05, 0.1) is 11.2 Å². The number of aromatic amines is 1. The molecule has 5 nitrogen and oxygen atoms in total. The van der Waals surface area contributed by atoms with Crippen LogP contribution in [-0.2, 0) is 10.8 Å². The van der Waals surface area contributed by atoms with Crippen LogP contribution in [-0.4, -0.2) is 32.6 Å². The van der Waals surface area contributed by atoms with Gasteiger partial charge in [0, 0.05) is 33.7 Å². The summed E-state index contributed by atoms with van der Waals surface area (Å²) < 4.78 is 11.3. The zero-order valence-corrected chi connectivity index (χ0v) is 11.8. The quantitative estimate of drug-likeness (QED) is 0.731. The first kappa shape index (κ1) is 13.2. The van der Waals surface area contributed by atoms with E-state index >= 15 is 0 Å². The minimum atomic E-state index is -0.711. The molecule has 0 aliphatic carbocycles. The van der Waals surface area contributed by atoms with Crippen LogP contribution in [0.25, 0.3) is 10.9 Å². The van der Waals surface area contributed by atoms with Crippen molar-refractivity contribution < 1.29 is 9.00 Å². The van der Waals surface area contributed by atoms with Crippen molar-refractivity contribution in [2.45, 2.75) is 18.9 Å². The lowest BCUT2D eigenvalue weighted by atomic mass is 10.1. The van der Waals surface area contributed by atoms with Crippen LogP contribution in [0.4, 0.5) is 5.69 Å². The highest BCUT2D eigenvalue weighted by Gasteiger charge is 2.20. The number of benzene rings is 1. The molecule has 0 saturated carbocycles. The molecule has 20 heavy (non-hydrogen) atoms. The van der Waals surface area contributed by atoms with Crippen molar-refractivity contribution in [1.29, 1.82) is 0 Å². The molecule has 0 atom stereocenters. The van der Waals surface area contributed by atoms with Crippen LogP contribution in [0.2, 0.25) is 0 Å². The number of nitrogens with one attached hydrogen (secondary N) is 2. The molecule has 2 aromatic rings. The van der Waals surface area contributed by atoms with Gasteiger partial charge in [-0.25, -0.2) is 0 Å². The summed E-state index contributed by atoms with van der Waals surface area (Å²) in [6, 6.07) is 7.51. The number of aromatic nitrogens is 1. The van der Waals surface area contributed by atoms with Crippen molar-refractivity contribution in [3.63, 3.8) is 0 Å². The van der Waals surface area contributed by atoms with Crippen molar-refractivity contribution in [1.82, 2.24) is 10.3 Å². The van der Waals surface area contributed by atoms with Crippen LogP contribution >= 0.6 is 0 Å². The average Bonchev–Trinajstić information content (AvgIpc) is 2.87. The van der Waals surface area contributed by atoms with Crippen molar-refractivity contribution >= 4 is 33.3 Å². The molecular weight excluding hydrogens is 274 g/mol. The van der Waals surface area contributed by atoms with Gasteiger partial charge in [-0.3, -0.25) is 9.00 Å². The van der Waals surface area contributed by atoms with Gasteiger partial charge < -0.3 is 16.0 Å². The highest BCUT2D eigenvalue weighted by atomic mass is 32.2. The van der Waals surface area contributed by atoms with Crippen LogP contribution in [0, 0.1) is 0 Å². The number of fused-ring (bicyclic) bond motifs is 1. The summed E-state index contributed by atoms with van der Waals surface area (Å²) >= 11 is 0. The number of nitrogens with two attached hydrogens (primary N) is 1. The molecule has 0 spiro atoms. The lowest BCUT2D eigenvalue weighted by Gasteiger charge is -2.22. The number of H-pyrrole nitrogens is 1. The first-order valence-corrected chi connectivity index (χ1v) is 8.15. The second-order valence-electron chi connectivity index (χ2n) is 5.09. The standard InChI is InChI=1S/C14H17N3O2S/c15-11-3-1-2-9-8-12(17-13(9)11)14(18)16-10-4-6-20(19)7-5-10/h1-3,8,10,17H,4-7,15H2,(H,16,18). The molecule has 1 aromatic carbocycles. The third-order valence-electron chi connectivity index (χ3n) is 3.66. The normalized spacial score (nSPS) is 22.8. The molecule has 106 valence electrons. The Bertz CT molecular complexity index is 670. The van der Waals surface area contributed by atoms with E-state index < -0.39 is 10.8 Å². The average molecular weight is 291 g/mol. The molecular formula is C14H17N3O2S. The Hall–Kier alpha value is -1.82. The van der Waals surface area contributed by atoms with Crippen molar-refractivity contribution in [3.8, 4) is 0 Å². The van der Waals surface area contributed by atoms with Crippen molar-refractivity contribution in [3.05, 3.63) is 30.0 Å². The Kier molecular flexibility index (Phi) is 3.48. The molecule has 1 amide bonds. The number of carbonyl (C=O) groups is 1. The summed E-state index contributed by atoms with van der Waals surface area (Å²) in [5, 5.41) is 3.92. The predicted octanol–water partition coefficient (Wildman–Crippen LogP) is 1.39. The number of carbonyl (C=O) groups excluding carboxylic acids is 1. The Labute approximate surface area is 119 Å². The zero-order valence-electron chi connectivity index (χ0n) is 11.0. The number of amides is 1. The third kappa shape index (κ3) is 2.56. The van der Waals surface area contributed by atoms with Crippen molar-refractivity contribution in [2.24, 2.45) is 0 Å². The fourth-order valence-corrected chi connectivity index (χ4v) is 3.80. The maximum atomic E-state index is 12.2. The Morgan fingerprint density at radius 2 is 2.10 bits per heavy atom. The molecule has 0 bridgehead atoms. The van der Waals surface area contributed by atoms with Gasteiger partial charge in [-0.1, -0.05) is 12.1 Å². The lowest BCUT2D eigenvalue weighted by molar-refractivity contribution is 0.0930. The number of hydrogen-bond donors (Lipinski definition) is 3. The molecule has 6 heteroatoms. The minimum absolute atomic E-state index is 0.115. The van der Waals surface area contributed by atoms with Gasteiger partial charge in [-0.2, -0.15) is 0 Å². The topological polar surface area (TPSA) is 88.0 Å². The maximum Gasteiger partial charge on any atom is 0.267 e. The summed E-state index contributed by atoms with van der Waals surface area (Å²) in [7, 11) is -0.711. The van der Waals surface area contributed by atoms with Gasteiger partial charge in [0.15, 0.2) is 0 Å². The van der Waals surface area contributed by atoms with Crippen LogP contribution < -0.4 is 11.1 Å². The molecule has 1 saturated heterocycles. The first-order valence-electron chi connectivity index (χ1n) is 6.66. The van der Waals surface area contributed by atoms with Gasteiger partial charge in [0.25, 0.3) is 5.91 Å². The summed E-state index contributed by atoms with van der Waals surface area (Å²) in [4.78, 5) is 15.3. The van der Waals surface area contributed by atoms with E-state index in [0.717, 1.165) is 23.7 Å². The second-order valence-corrected chi connectivity index (χ2v) is 6.79. The van der Waals surface area contributed by atoms with Gasteiger partial charge in [0.1, 0.15) is 5.69 Å². The zero-order chi connectivity index (χ0) is 14.1. The Morgan fingerprint density at radius 3 is 2.80 bits per heavy atom. The number of para-hydroxylation sites is 1. The first-order chi connectivity index (χ1) is 9.63. The smallest absolute Gasteiger partial charge is 0.267 e. The maximum absolute atomic E-state index is 12.2. The summed E-state index contributed by atoms with van der Waals surface area (Å²) in [6.07, 6.45) is 1.56. The predicted molar refractivity (Wildman–Crippen MR) is 81.1 cm³/mol. The monoisotopic (exact) mass is 291 g/mol. The second kappa shape index (κ2) is 5.28. The van der Waals surface area contributed by atoms with Crippen LogP contribution in [0.3, 0.4) is 0 Å². The third-order valence-corrected chi connectivity index (χ3v) is 5.04. The van der Waals surface area contributed by atoms with Crippen LogP contribution in [0.1, 0.15) is 23.3 Å². The van der Waals surface area contributed by atoms with E-state index in [2.05, 4.69) is 10.3 Å². The van der Waals surface area contributed by atoms with Gasteiger partial charge in [0.2, 0.25) is 0 Å². The lowest BCUT2D eigenvalue weighted by Crippen LogP contribution is -2.39. The fourth-order valence-electron chi connectivity index (χ4n) is 2.50. The van der Waals surface area contributed by atoms with Crippen molar-refractivity contribution in [2.75, 3.05) is 17.2 Å². The van der Waals surface area contributed by atoms with Crippen LogP contribution in [0.5, 0.6) is 0 Å². The van der Waals surface area contributed by atoms with E-state index in [1.165, 1.54) is 0 Å². The van der Waals surface area contributed by atoms with E-state index in [1.807, 2.05) is 18.2 Å². The molecule has 4 N–H and O–H groups in total. The fraction of sp³-hybridized carbons (Fsp3) is 0.357. The van der Waals surface area contributed by atoms with E-state index in [4.69, 9.17) is 5.73 Å².